The summed E-state index contributed by atoms with van der Waals surface area (Å²) in [4.78, 5) is 14.3. The fourth-order valence-corrected chi connectivity index (χ4v) is 2.80. The summed E-state index contributed by atoms with van der Waals surface area (Å²) in [5.41, 5.74) is 1.18. The Hall–Kier alpha value is -0.960. The Morgan fingerprint density at radius 3 is 2.33 bits per heavy atom. The smallest absolute Gasteiger partial charge is 0.235 e. The van der Waals surface area contributed by atoms with Crippen LogP contribution in [0.15, 0.2) is 30.3 Å². The first-order valence-electron chi connectivity index (χ1n) is 6.78. The molecule has 1 aliphatic rings. The van der Waals surface area contributed by atoms with Crippen molar-refractivity contribution >= 4 is 18.5 Å². The van der Waals surface area contributed by atoms with E-state index in [0.717, 1.165) is 32.4 Å². The standard InChI is InChI=1S/C15H21NOS/c17-15(16-10-6-1-2-7-11-16)14(18)12-13-8-4-3-5-9-13/h3-5,8-9,14,18H,1-2,6-7,10-12H2. The molecular weight excluding hydrogens is 242 g/mol. The van der Waals surface area contributed by atoms with Crippen LogP contribution in [-0.2, 0) is 11.2 Å². The van der Waals surface area contributed by atoms with Gasteiger partial charge in [-0.25, -0.2) is 0 Å². The van der Waals surface area contributed by atoms with Crippen LogP contribution >= 0.6 is 12.6 Å². The van der Waals surface area contributed by atoms with Crippen molar-refractivity contribution in [3.05, 3.63) is 35.9 Å². The van der Waals surface area contributed by atoms with Gasteiger partial charge in [-0.15, -0.1) is 0 Å². The second-order valence-electron chi connectivity index (χ2n) is 4.95. The van der Waals surface area contributed by atoms with Crippen LogP contribution in [0.1, 0.15) is 31.2 Å². The number of hydrogen-bond acceptors (Lipinski definition) is 2. The van der Waals surface area contributed by atoms with Gasteiger partial charge in [-0.2, -0.15) is 12.6 Å². The van der Waals surface area contributed by atoms with Crippen LogP contribution in [0.3, 0.4) is 0 Å². The lowest BCUT2D eigenvalue weighted by atomic mass is 10.1. The third-order valence-corrected chi connectivity index (χ3v) is 3.88. The first-order chi connectivity index (χ1) is 8.77. The second kappa shape index (κ2) is 6.83. The van der Waals surface area contributed by atoms with Gasteiger partial charge >= 0.3 is 0 Å². The number of hydrogen-bond donors (Lipinski definition) is 1. The van der Waals surface area contributed by atoms with Gasteiger partial charge < -0.3 is 4.90 Å². The zero-order valence-corrected chi connectivity index (χ0v) is 11.6. The molecule has 2 nitrogen and oxygen atoms in total. The predicted octanol–water partition coefficient (Wildman–Crippen LogP) is 2.93. The molecule has 2 rings (SSSR count). The Labute approximate surface area is 115 Å². The molecule has 0 aliphatic carbocycles. The van der Waals surface area contributed by atoms with Gasteiger partial charge in [0, 0.05) is 13.1 Å². The molecule has 0 aromatic heterocycles. The largest absolute Gasteiger partial charge is 0.342 e. The minimum atomic E-state index is -0.203. The molecule has 1 saturated heterocycles. The zero-order chi connectivity index (χ0) is 12.8. The van der Waals surface area contributed by atoms with E-state index in [-0.39, 0.29) is 11.2 Å². The van der Waals surface area contributed by atoms with Crippen molar-refractivity contribution in [3.63, 3.8) is 0 Å². The van der Waals surface area contributed by atoms with Crippen molar-refractivity contribution in [2.75, 3.05) is 13.1 Å². The number of likely N-dealkylation sites (tertiary alicyclic amines) is 1. The van der Waals surface area contributed by atoms with Crippen LogP contribution in [0, 0.1) is 0 Å². The molecule has 1 aliphatic heterocycles. The molecule has 0 bridgehead atoms. The maximum atomic E-state index is 12.3. The van der Waals surface area contributed by atoms with Gasteiger partial charge in [-0.3, -0.25) is 4.79 Å². The van der Waals surface area contributed by atoms with Crippen molar-refractivity contribution in [3.8, 4) is 0 Å². The van der Waals surface area contributed by atoms with Crippen molar-refractivity contribution in [2.24, 2.45) is 0 Å². The number of thiol groups is 1. The Kier molecular flexibility index (Phi) is 5.12. The van der Waals surface area contributed by atoms with E-state index in [1.807, 2.05) is 23.1 Å². The summed E-state index contributed by atoms with van der Waals surface area (Å²) in [5, 5.41) is -0.203. The van der Waals surface area contributed by atoms with Crippen LogP contribution in [0.4, 0.5) is 0 Å². The van der Waals surface area contributed by atoms with Crippen molar-refractivity contribution in [2.45, 2.75) is 37.4 Å². The second-order valence-corrected chi connectivity index (χ2v) is 5.57. The van der Waals surface area contributed by atoms with Crippen LogP contribution in [0.5, 0.6) is 0 Å². The molecule has 0 N–H and O–H groups in total. The SMILES string of the molecule is O=C(C(S)Cc1ccccc1)N1CCCCCC1. The molecule has 1 amide bonds. The average molecular weight is 263 g/mol. The van der Waals surface area contributed by atoms with Gasteiger partial charge in [-0.1, -0.05) is 43.2 Å². The molecule has 18 heavy (non-hydrogen) atoms. The maximum Gasteiger partial charge on any atom is 0.235 e. The summed E-state index contributed by atoms with van der Waals surface area (Å²) < 4.78 is 0. The Bertz CT molecular complexity index is 371. The normalized spacial score (nSPS) is 18.2. The van der Waals surface area contributed by atoms with Gasteiger partial charge in [0.1, 0.15) is 0 Å². The molecule has 1 fully saturated rings. The molecule has 3 heteroatoms. The predicted molar refractivity (Wildman–Crippen MR) is 78.0 cm³/mol. The lowest BCUT2D eigenvalue weighted by molar-refractivity contribution is -0.130. The number of amides is 1. The maximum absolute atomic E-state index is 12.3. The van der Waals surface area contributed by atoms with Gasteiger partial charge in [-0.05, 0) is 24.8 Å². The number of benzene rings is 1. The third-order valence-electron chi connectivity index (χ3n) is 3.47. The van der Waals surface area contributed by atoms with E-state index >= 15 is 0 Å². The highest BCUT2D eigenvalue weighted by Gasteiger charge is 2.22. The Balaban J connectivity index is 1.91. The molecule has 0 saturated carbocycles. The summed E-state index contributed by atoms with van der Waals surface area (Å²) in [6.45, 7) is 1.81. The summed E-state index contributed by atoms with van der Waals surface area (Å²) in [7, 11) is 0. The third kappa shape index (κ3) is 3.77. The molecule has 0 radical (unpaired) electrons. The minimum Gasteiger partial charge on any atom is -0.342 e. The van der Waals surface area contributed by atoms with E-state index in [4.69, 9.17) is 0 Å². The first kappa shape index (κ1) is 13.5. The van der Waals surface area contributed by atoms with E-state index in [2.05, 4.69) is 24.8 Å². The average Bonchev–Trinajstić information content (AvgIpc) is 2.68. The van der Waals surface area contributed by atoms with Crippen LogP contribution in [-0.4, -0.2) is 29.1 Å². The first-order valence-corrected chi connectivity index (χ1v) is 7.30. The molecule has 98 valence electrons. The fourth-order valence-electron chi connectivity index (χ4n) is 2.43. The fraction of sp³-hybridized carbons (Fsp3) is 0.533. The lowest BCUT2D eigenvalue weighted by Crippen LogP contribution is -2.38. The zero-order valence-electron chi connectivity index (χ0n) is 10.7. The van der Waals surface area contributed by atoms with E-state index in [1.165, 1.54) is 18.4 Å². The molecule has 0 spiro atoms. The number of nitrogens with zero attached hydrogens (tertiary/aromatic N) is 1. The Morgan fingerprint density at radius 2 is 1.72 bits per heavy atom. The highest BCUT2D eigenvalue weighted by molar-refractivity contribution is 7.81. The number of carbonyl (C=O) groups excluding carboxylic acids is 1. The number of carbonyl (C=O) groups is 1. The van der Waals surface area contributed by atoms with Gasteiger partial charge in [0.15, 0.2) is 0 Å². The molecule has 1 unspecified atom stereocenters. The van der Waals surface area contributed by atoms with Crippen LogP contribution < -0.4 is 0 Å². The summed E-state index contributed by atoms with van der Waals surface area (Å²) in [6.07, 6.45) is 5.49. The molecule has 1 heterocycles. The highest BCUT2D eigenvalue weighted by Crippen LogP contribution is 2.15. The summed E-state index contributed by atoms with van der Waals surface area (Å²) in [5.74, 6) is 0.198. The Morgan fingerprint density at radius 1 is 1.11 bits per heavy atom. The van der Waals surface area contributed by atoms with Gasteiger partial charge in [0.05, 0.1) is 5.25 Å². The van der Waals surface area contributed by atoms with Crippen molar-refractivity contribution in [1.82, 2.24) is 4.90 Å². The van der Waals surface area contributed by atoms with Crippen LogP contribution in [0.25, 0.3) is 0 Å². The summed E-state index contributed by atoms with van der Waals surface area (Å²) >= 11 is 4.49. The van der Waals surface area contributed by atoms with Crippen molar-refractivity contribution in [1.29, 1.82) is 0 Å². The topological polar surface area (TPSA) is 20.3 Å². The monoisotopic (exact) mass is 263 g/mol. The van der Waals surface area contributed by atoms with E-state index < -0.39 is 0 Å². The van der Waals surface area contributed by atoms with E-state index in [0.29, 0.717) is 0 Å². The molecule has 1 atom stereocenters. The highest BCUT2D eigenvalue weighted by atomic mass is 32.1. The van der Waals surface area contributed by atoms with Crippen LogP contribution in [0.2, 0.25) is 0 Å². The molecular formula is C15H21NOS. The van der Waals surface area contributed by atoms with Crippen molar-refractivity contribution < 1.29 is 4.79 Å². The quantitative estimate of drug-likeness (QED) is 0.831. The summed E-state index contributed by atoms with van der Waals surface area (Å²) in [6, 6.07) is 10.1. The lowest BCUT2D eigenvalue weighted by Gasteiger charge is -2.23. The van der Waals surface area contributed by atoms with E-state index in [1.54, 1.807) is 0 Å². The minimum absolute atomic E-state index is 0.198. The van der Waals surface area contributed by atoms with Gasteiger partial charge in [0.2, 0.25) is 5.91 Å². The van der Waals surface area contributed by atoms with Gasteiger partial charge in [0.25, 0.3) is 0 Å². The van der Waals surface area contributed by atoms with E-state index in [9.17, 15) is 4.79 Å². The number of rotatable bonds is 3. The molecule has 1 aromatic carbocycles. The molecule has 1 aromatic rings.